The maximum Gasteiger partial charge on any atom is 0.307 e. The highest BCUT2D eigenvalue weighted by atomic mass is 32.2. The Morgan fingerprint density at radius 3 is 2.44 bits per heavy atom. The molecule has 5 heteroatoms. The molecule has 0 unspecified atom stereocenters. The van der Waals surface area contributed by atoms with Crippen LogP contribution >= 0.6 is 0 Å². The van der Waals surface area contributed by atoms with E-state index in [1.54, 1.807) is 24.5 Å². The predicted octanol–water partition coefficient (Wildman–Crippen LogP) is 4.37. The first-order chi connectivity index (χ1) is 11.9. The summed E-state index contributed by atoms with van der Waals surface area (Å²) in [5.74, 6) is -1.33. The van der Waals surface area contributed by atoms with Gasteiger partial charge >= 0.3 is 5.97 Å². The summed E-state index contributed by atoms with van der Waals surface area (Å²) in [6.07, 6.45) is 3.43. The third-order valence-electron chi connectivity index (χ3n) is 4.30. The molecule has 3 nitrogen and oxygen atoms in total. The minimum Gasteiger partial charge on any atom is -0.481 e. The van der Waals surface area contributed by atoms with Gasteiger partial charge in [-0.15, -0.1) is 0 Å². The van der Waals surface area contributed by atoms with Gasteiger partial charge in [-0.05, 0) is 70.7 Å². The average Bonchev–Trinajstić information content (AvgIpc) is 2.80. The van der Waals surface area contributed by atoms with Gasteiger partial charge in [-0.3, -0.25) is 9.00 Å². The number of rotatable bonds is 4. The van der Waals surface area contributed by atoms with Crippen molar-refractivity contribution in [3.05, 3.63) is 70.5 Å². The first-order valence-electron chi connectivity index (χ1n) is 7.74. The number of aliphatic carboxylic acids is 1. The van der Waals surface area contributed by atoms with E-state index in [1.807, 2.05) is 25.1 Å². The molecule has 128 valence electrons. The van der Waals surface area contributed by atoms with Crippen molar-refractivity contribution in [2.45, 2.75) is 18.2 Å². The summed E-state index contributed by atoms with van der Waals surface area (Å²) >= 11 is 0. The van der Waals surface area contributed by atoms with Crippen LogP contribution in [0.25, 0.3) is 17.2 Å². The second-order valence-electron chi connectivity index (χ2n) is 5.95. The zero-order valence-corrected chi connectivity index (χ0v) is 14.7. The lowest BCUT2D eigenvalue weighted by molar-refractivity contribution is -0.135. The molecule has 2 aromatic rings. The van der Waals surface area contributed by atoms with Gasteiger partial charge in [0.1, 0.15) is 5.82 Å². The molecule has 2 aromatic carbocycles. The van der Waals surface area contributed by atoms with Crippen molar-refractivity contribution < 1.29 is 18.5 Å². The molecule has 0 radical (unpaired) electrons. The minimum atomic E-state index is -1.04. The van der Waals surface area contributed by atoms with Gasteiger partial charge in [0.25, 0.3) is 0 Å². The van der Waals surface area contributed by atoms with Crippen molar-refractivity contribution in [3.8, 4) is 0 Å². The zero-order chi connectivity index (χ0) is 18.1. The van der Waals surface area contributed by atoms with Crippen LogP contribution < -0.4 is 0 Å². The lowest BCUT2D eigenvalue weighted by atomic mass is 10.0. The number of halogens is 1. The summed E-state index contributed by atoms with van der Waals surface area (Å²) in [5.41, 5.74) is 4.74. The van der Waals surface area contributed by atoms with Crippen LogP contribution in [-0.4, -0.2) is 21.5 Å². The van der Waals surface area contributed by atoms with Gasteiger partial charge in [0.15, 0.2) is 0 Å². The standard InChI is InChI=1S/C20H17FO3S/c1-12-17(9-13-3-6-15(7-4-13)25(2)24)16-8-5-14(21)10-19(16)18(12)11-20(22)23/h3-10H,11H2,1-2H3,(H,22,23)/t25-/m1/s1. The Kier molecular flexibility index (Phi) is 4.68. The second kappa shape index (κ2) is 6.76. The van der Waals surface area contributed by atoms with Gasteiger partial charge in [-0.1, -0.05) is 18.2 Å². The highest BCUT2D eigenvalue weighted by Gasteiger charge is 2.25. The molecule has 0 amide bonds. The van der Waals surface area contributed by atoms with Crippen molar-refractivity contribution in [3.63, 3.8) is 0 Å². The number of fused-ring (bicyclic) bond motifs is 1. The Bertz CT molecular complexity index is 940. The van der Waals surface area contributed by atoms with E-state index in [9.17, 15) is 13.4 Å². The summed E-state index contributed by atoms with van der Waals surface area (Å²) in [5, 5.41) is 9.17. The fraction of sp³-hybridized carbons (Fsp3) is 0.150. The highest BCUT2D eigenvalue weighted by Crippen LogP contribution is 2.43. The van der Waals surface area contributed by atoms with Gasteiger partial charge < -0.3 is 5.11 Å². The van der Waals surface area contributed by atoms with E-state index in [2.05, 4.69) is 0 Å². The number of hydrogen-bond acceptors (Lipinski definition) is 2. The summed E-state index contributed by atoms with van der Waals surface area (Å²) in [7, 11) is -1.04. The number of carboxylic acids is 1. The summed E-state index contributed by atoms with van der Waals surface area (Å²) in [4.78, 5) is 11.9. The highest BCUT2D eigenvalue weighted by molar-refractivity contribution is 7.84. The third-order valence-corrected chi connectivity index (χ3v) is 5.24. The largest absolute Gasteiger partial charge is 0.481 e. The van der Waals surface area contributed by atoms with E-state index in [1.165, 1.54) is 12.1 Å². The number of carbonyl (C=O) groups is 1. The van der Waals surface area contributed by atoms with E-state index >= 15 is 0 Å². The Morgan fingerprint density at radius 1 is 1.16 bits per heavy atom. The van der Waals surface area contributed by atoms with Crippen LogP contribution in [0.15, 0.2) is 52.9 Å². The Morgan fingerprint density at radius 2 is 1.84 bits per heavy atom. The first-order valence-corrected chi connectivity index (χ1v) is 9.30. The van der Waals surface area contributed by atoms with Crippen molar-refractivity contribution in [2.24, 2.45) is 0 Å². The summed E-state index contributed by atoms with van der Waals surface area (Å²) in [6.45, 7) is 1.86. The molecule has 3 rings (SSSR count). The molecule has 0 aliphatic heterocycles. The van der Waals surface area contributed by atoms with Crippen LogP contribution in [0.1, 0.15) is 30.0 Å². The second-order valence-corrected chi connectivity index (χ2v) is 7.32. The van der Waals surface area contributed by atoms with Crippen molar-refractivity contribution in [1.29, 1.82) is 0 Å². The van der Waals surface area contributed by atoms with E-state index in [0.717, 1.165) is 27.2 Å². The molecule has 25 heavy (non-hydrogen) atoms. The molecule has 0 spiro atoms. The first kappa shape index (κ1) is 17.3. The van der Waals surface area contributed by atoms with Gasteiger partial charge in [-0.25, -0.2) is 4.39 Å². The molecule has 0 aromatic heterocycles. The van der Waals surface area contributed by atoms with Crippen LogP contribution in [0.5, 0.6) is 0 Å². The van der Waals surface area contributed by atoms with E-state index in [-0.39, 0.29) is 12.2 Å². The topological polar surface area (TPSA) is 54.4 Å². The number of hydrogen-bond donors (Lipinski definition) is 1. The maximum absolute atomic E-state index is 13.7. The summed E-state index contributed by atoms with van der Waals surface area (Å²) < 4.78 is 25.1. The van der Waals surface area contributed by atoms with Gasteiger partial charge in [0.2, 0.25) is 0 Å². The van der Waals surface area contributed by atoms with Crippen molar-refractivity contribution in [1.82, 2.24) is 0 Å². The smallest absolute Gasteiger partial charge is 0.307 e. The van der Waals surface area contributed by atoms with E-state index in [4.69, 9.17) is 5.11 Å². The Labute approximate surface area is 148 Å². The van der Waals surface area contributed by atoms with E-state index in [0.29, 0.717) is 11.1 Å². The molecular weight excluding hydrogens is 339 g/mol. The number of benzene rings is 2. The number of allylic oxidation sites excluding steroid dienone is 2. The monoisotopic (exact) mass is 356 g/mol. The maximum atomic E-state index is 13.7. The quantitative estimate of drug-likeness (QED) is 0.885. The van der Waals surface area contributed by atoms with Crippen LogP contribution in [0.2, 0.25) is 0 Å². The van der Waals surface area contributed by atoms with Crippen molar-refractivity contribution >= 4 is 34.0 Å². The molecule has 1 N–H and O–H groups in total. The molecule has 0 saturated heterocycles. The Balaban J connectivity index is 2.10. The zero-order valence-electron chi connectivity index (χ0n) is 13.9. The molecule has 0 bridgehead atoms. The fourth-order valence-corrected chi connectivity index (χ4v) is 3.57. The molecule has 1 aliphatic carbocycles. The predicted molar refractivity (Wildman–Crippen MR) is 97.9 cm³/mol. The molecule has 0 fully saturated rings. The normalized spacial score (nSPS) is 16.2. The molecular formula is C20H17FO3S. The lowest BCUT2D eigenvalue weighted by Crippen LogP contribution is -1.97. The van der Waals surface area contributed by atoms with Crippen LogP contribution in [0.3, 0.4) is 0 Å². The molecule has 1 aliphatic rings. The van der Waals surface area contributed by atoms with Crippen LogP contribution in [0, 0.1) is 5.82 Å². The van der Waals surface area contributed by atoms with Crippen LogP contribution in [-0.2, 0) is 15.6 Å². The van der Waals surface area contributed by atoms with E-state index < -0.39 is 16.8 Å². The fourth-order valence-electron chi connectivity index (χ4n) is 3.05. The molecule has 1 atom stereocenters. The molecule has 0 heterocycles. The van der Waals surface area contributed by atoms with Gasteiger partial charge in [-0.2, -0.15) is 0 Å². The number of carboxylic acid groups (broad SMARTS) is 1. The minimum absolute atomic E-state index is 0.145. The van der Waals surface area contributed by atoms with Gasteiger partial charge in [0.05, 0.1) is 6.42 Å². The third kappa shape index (κ3) is 3.46. The lowest BCUT2D eigenvalue weighted by Gasteiger charge is -2.05. The van der Waals surface area contributed by atoms with Crippen molar-refractivity contribution in [2.75, 3.05) is 6.26 Å². The molecule has 0 saturated carbocycles. The SMILES string of the molecule is CC1=C(CC(=O)O)c2cc(F)ccc2C1=Cc1ccc([S@@](C)=O)cc1. The average molecular weight is 356 g/mol. The van der Waals surface area contributed by atoms with Gasteiger partial charge in [0, 0.05) is 22.0 Å². The summed E-state index contributed by atoms with van der Waals surface area (Å²) in [6, 6.07) is 11.8. The van der Waals surface area contributed by atoms with Crippen LogP contribution in [0.4, 0.5) is 4.39 Å². The Hall–Kier alpha value is -2.53.